The highest BCUT2D eigenvalue weighted by Gasteiger charge is 2.43. The minimum atomic E-state index is -0.553. The first-order chi connectivity index (χ1) is 13.2. The molecular weight excluding hydrogens is 364 g/mol. The highest BCUT2D eigenvalue weighted by molar-refractivity contribution is 6.04. The van der Waals surface area contributed by atoms with Gasteiger partial charge in [0.2, 0.25) is 11.8 Å². The van der Waals surface area contributed by atoms with Crippen LogP contribution in [-0.4, -0.2) is 46.1 Å². The molecular formula is C20H28N2O6. The van der Waals surface area contributed by atoms with Gasteiger partial charge in [-0.25, -0.2) is 4.79 Å². The maximum atomic E-state index is 12.4. The number of amides is 4. The van der Waals surface area contributed by atoms with Crippen LogP contribution in [0.1, 0.15) is 59.3 Å². The summed E-state index contributed by atoms with van der Waals surface area (Å²) in [4.78, 5) is 67.1. The van der Waals surface area contributed by atoms with Crippen molar-refractivity contribution in [2.24, 2.45) is 29.6 Å². The van der Waals surface area contributed by atoms with Crippen molar-refractivity contribution in [2.75, 3.05) is 6.54 Å². The zero-order valence-corrected chi connectivity index (χ0v) is 16.7. The second kappa shape index (κ2) is 8.01. The third kappa shape index (κ3) is 3.95. The maximum absolute atomic E-state index is 12.4. The molecule has 1 saturated carbocycles. The fourth-order valence-electron chi connectivity index (χ4n) is 4.28. The summed E-state index contributed by atoms with van der Waals surface area (Å²) >= 11 is 0. The first kappa shape index (κ1) is 20.5. The maximum Gasteiger partial charge on any atom is 0.336 e. The number of rotatable bonds is 5. The number of imide groups is 2. The van der Waals surface area contributed by atoms with Crippen molar-refractivity contribution in [3.05, 3.63) is 0 Å². The van der Waals surface area contributed by atoms with E-state index in [1.807, 2.05) is 13.8 Å². The summed E-state index contributed by atoms with van der Waals surface area (Å²) in [6.07, 6.45) is 2.85. The molecule has 0 aromatic rings. The van der Waals surface area contributed by atoms with Gasteiger partial charge in [0.15, 0.2) is 0 Å². The topological polar surface area (TPSA) is 101 Å². The van der Waals surface area contributed by atoms with E-state index in [1.54, 1.807) is 6.92 Å². The SMILES string of the molecule is CC1CC(=O)N(OC(=O)C2CCC(CN3C(=O)CC(C(C)C)C3=O)CC2)C1=O. The zero-order valence-electron chi connectivity index (χ0n) is 16.7. The lowest BCUT2D eigenvalue weighted by molar-refractivity contribution is -0.202. The Morgan fingerprint density at radius 3 is 2.14 bits per heavy atom. The number of carbonyl (C=O) groups is 5. The predicted molar refractivity (Wildman–Crippen MR) is 96.8 cm³/mol. The largest absolute Gasteiger partial charge is 0.336 e. The van der Waals surface area contributed by atoms with Gasteiger partial charge >= 0.3 is 5.97 Å². The molecule has 2 heterocycles. The summed E-state index contributed by atoms with van der Waals surface area (Å²) in [6.45, 7) is 5.94. The van der Waals surface area contributed by atoms with E-state index in [0.29, 0.717) is 37.3 Å². The molecule has 0 aromatic heterocycles. The first-order valence-electron chi connectivity index (χ1n) is 10.1. The Morgan fingerprint density at radius 2 is 1.64 bits per heavy atom. The van der Waals surface area contributed by atoms with Gasteiger partial charge in [-0.05, 0) is 37.5 Å². The monoisotopic (exact) mass is 392 g/mol. The summed E-state index contributed by atoms with van der Waals surface area (Å²) < 4.78 is 0. The lowest BCUT2D eigenvalue weighted by Crippen LogP contribution is -2.39. The minimum Gasteiger partial charge on any atom is -0.330 e. The minimum absolute atomic E-state index is 0.0636. The fourth-order valence-corrected chi connectivity index (χ4v) is 4.28. The number of likely N-dealkylation sites (tertiary alicyclic amines) is 1. The Bertz CT molecular complexity index is 695. The van der Waals surface area contributed by atoms with E-state index in [9.17, 15) is 24.0 Å². The zero-order chi connectivity index (χ0) is 20.6. The van der Waals surface area contributed by atoms with Gasteiger partial charge in [0, 0.05) is 31.2 Å². The number of hydroxylamine groups is 2. The van der Waals surface area contributed by atoms with Crippen LogP contribution in [0.2, 0.25) is 0 Å². The third-order valence-corrected chi connectivity index (χ3v) is 6.21. The predicted octanol–water partition coefficient (Wildman–Crippen LogP) is 1.68. The van der Waals surface area contributed by atoms with Crippen LogP contribution in [0.25, 0.3) is 0 Å². The standard InChI is InChI=1S/C20H28N2O6/c1-11(2)15-9-16(23)21(19(15)26)10-13-4-6-14(7-5-13)20(27)28-22-17(24)8-12(3)18(22)25/h11-15H,4-10H2,1-3H3. The quantitative estimate of drug-likeness (QED) is 0.660. The van der Waals surface area contributed by atoms with Gasteiger partial charge in [-0.2, -0.15) is 0 Å². The van der Waals surface area contributed by atoms with E-state index in [1.165, 1.54) is 4.90 Å². The van der Waals surface area contributed by atoms with Gasteiger partial charge < -0.3 is 4.84 Å². The van der Waals surface area contributed by atoms with Crippen molar-refractivity contribution in [3.63, 3.8) is 0 Å². The Hall–Kier alpha value is -2.25. The Labute approximate surface area is 164 Å². The summed E-state index contributed by atoms with van der Waals surface area (Å²) in [5.74, 6) is -2.44. The van der Waals surface area contributed by atoms with Crippen LogP contribution in [0.3, 0.4) is 0 Å². The molecule has 3 aliphatic rings. The number of hydrogen-bond donors (Lipinski definition) is 0. The number of hydrogen-bond acceptors (Lipinski definition) is 6. The average Bonchev–Trinajstić information content (AvgIpc) is 3.06. The molecule has 4 amide bonds. The van der Waals surface area contributed by atoms with E-state index < -0.39 is 23.7 Å². The van der Waals surface area contributed by atoms with Crippen LogP contribution in [0, 0.1) is 29.6 Å². The summed E-state index contributed by atoms with van der Waals surface area (Å²) in [7, 11) is 0. The van der Waals surface area contributed by atoms with E-state index >= 15 is 0 Å². The van der Waals surface area contributed by atoms with Crippen molar-refractivity contribution in [2.45, 2.75) is 59.3 Å². The molecule has 2 saturated heterocycles. The molecule has 8 nitrogen and oxygen atoms in total. The van der Waals surface area contributed by atoms with E-state index in [2.05, 4.69) is 0 Å². The van der Waals surface area contributed by atoms with Gasteiger partial charge in [0.05, 0.1) is 5.92 Å². The molecule has 0 radical (unpaired) electrons. The summed E-state index contributed by atoms with van der Waals surface area (Å²) in [6, 6.07) is 0. The van der Waals surface area contributed by atoms with Gasteiger partial charge in [-0.15, -0.1) is 5.06 Å². The van der Waals surface area contributed by atoms with Crippen LogP contribution >= 0.6 is 0 Å². The van der Waals surface area contributed by atoms with Crippen LogP contribution < -0.4 is 0 Å². The van der Waals surface area contributed by atoms with E-state index in [-0.39, 0.29) is 48.3 Å². The van der Waals surface area contributed by atoms with Crippen molar-refractivity contribution in [1.82, 2.24) is 9.96 Å². The molecule has 28 heavy (non-hydrogen) atoms. The molecule has 2 unspecified atom stereocenters. The van der Waals surface area contributed by atoms with Gasteiger partial charge in [-0.3, -0.25) is 24.1 Å². The van der Waals surface area contributed by atoms with Gasteiger partial charge in [0.1, 0.15) is 0 Å². The molecule has 3 rings (SSSR count). The lowest BCUT2D eigenvalue weighted by atomic mass is 9.82. The van der Waals surface area contributed by atoms with Gasteiger partial charge in [-0.1, -0.05) is 20.8 Å². The second-order valence-electron chi connectivity index (χ2n) is 8.66. The van der Waals surface area contributed by atoms with Gasteiger partial charge in [0.25, 0.3) is 11.8 Å². The summed E-state index contributed by atoms with van der Waals surface area (Å²) in [5, 5.41) is 0.604. The lowest BCUT2D eigenvalue weighted by Gasteiger charge is -2.30. The smallest absolute Gasteiger partial charge is 0.330 e. The highest BCUT2D eigenvalue weighted by Crippen LogP contribution is 2.33. The van der Waals surface area contributed by atoms with Crippen LogP contribution in [-0.2, 0) is 28.8 Å². The Morgan fingerprint density at radius 1 is 1.00 bits per heavy atom. The number of carbonyl (C=O) groups excluding carboxylic acids is 5. The van der Waals surface area contributed by atoms with Crippen molar-refractivity contribution in [1.29, 1.82) is 0 Å². The second-order valence-corrected chi connectivity index (χ2v) is 8.66. The molecule has 0 aromatic carbocycles. The molecule has 154 valence electrons. The van der Waals surface area contributed by atoms with E-state index in [4.69, 9.17) is 4.84 Å². The van der Waals surface area contributed by atoms with Crippen molar-refractivity contribution in [3.8, 4) is 0 Å². The van der Waals surface area contributed by atoms with Crippen LogP contribution in [0.4, 0.5) is 0 Å². The molecule has 2 aliphatic heterocycles. The van der Waals surface area contributed by atoms with E-state index in [0.717, 1.165) is 0 Å². The molecule has 0 spiro atoms. The average molecular weight is 392 g/mol. The Kier molecular flexibility index (Phi) is 5.86. The number of nitrogens with zero attached hydrogens (tertiary/aromatic N) is 2. The van der Waals surface area contributed by atoms with Crippen LogP contribution in [0.15, 0.2) is 0 Å². The molecule has 2 atom stereocenters. The normalized spacial score (nSPS) is 31.3. The highest BCUT2D eigenvalue weighted by atomic mass is 16.7. The van der Waals surface area contributed by atoms with Crippen molar-refractivity contribution >= 4 is 29.6 Å². The molecule has 1 aliphatic carbocycles. The molecule has 8 heteroatoms. The first-order valence-corrected chi connectivity index (χ1v) is 10.1. The van der Waals surface area contributed by atoms with Crippen molar-refractivity contribution < 1.29 is 28.8 Å². The fraction of sp³-hybridized carbons (Fsp3) is 0.750. The Balaban J connectivity index is 1.49. The summed E-state index contributed by atoms with van der Waals surface area (Å²) in [5.41, 5.74) is 0. The molecule has 0 N–H and O–H groups in total. The third-order valence-electron chi connectivity index (χ3n) is 6.21. The molecule has 3 fully saturated rings. The van der Waals surface area contributed by atoms with Crippen LogP contribution in [0.5, 0.6) is 0 Å². The molecule has 0 bridgehead atoms.